The van der Waals surface area contributed by atoms with Gasteiger partial charge in [-0.05, 0) is 26.2 Å². The molecule has 1 aliphatic carbocycles. The third-order valence-corrected chi connectivity index (χ3v) is 2.88. The van der Waals surface area contributed by atoms with Crippen molar-refractivity contribution in [1.29, 1.82) is 0 Å². The molecular formula is C13H23NO5. The van der Waals surface area contributed by atoms with Gasteiger partial charge in [-0.25, -0.2) is 0 Å². The average molecular weight is 273 g/mol. The summed E-state index contributed by atoms with van der Waals surface area (Å²) >= 11 is 0. The highest BCUT2D eigenvalue weighted by molar-refractivity contribution is 5.81. The van der Waals surface area contributed by atoms with Crippen molar-refractivity contribution >= 4 is 12.4 Å². The van der Waals surface area contributed by atoms with Crippen LogP contribution in [0.25, 0.3) is 0 Å². The van der Waals surface area contributed by atoms with Crippen LogP contribution in [0.3, 0.4) is 0 Å². The second-order valence-electron chi connectivity index (χ2n) is 3.98. The zero-order valence-corrected chi connectivity index (χ0v) is 12.0. The Bertz CT molecular complexity index is 334. The van der Waals surface area contributed by atoms with E-state index in [9.17, 15) is 9.59 Å². The Morgan fingerprint density at radius 3 is 2.32 bits per heavy atom. The van der Waals surface area contributed by atoms with Gasteiger partial charge in [0, 0.05) is 0 Å². The number of carbonyl (C=O) groups is 2. The number of ether oxygens (including phenoxy) is 3. The lowest BCUT2D eigenvalue weighted by molar-refractivity contribution is -0.154. The number of hydrogen-bond acceptors (Lipinski definition) is 6. The molecule has 1 rings (SSSR count). The van der Waals surface area contributed by atoms with Crippen LogP contribution in [-0.2, 0) is 23.8 Å². The first kappa shape index (κ1) is 17.4. The van der Waals surface area contributed by atoms with E-state index in [0.29, 0.717) is 18.6 Å². The minimum atomic E-state index is -0.868. The zero-order valence-electron chi connectivity index (χ0n) is 12.0. The van der Waals surface area contributed by atoms with Crippen LogP contribution in [0.1, 0.15) is 40.0 Å². The first-order chi connectivity index (χ1) is 9.03. The van der Waals surface area contributed by atoms with E-state index in [1.165, 1.54) is 7.11 Å². The van der Waals surface area contributed by atoms with Crippen LogP contribution in [0.4, 0.5) is 0 Å². The van der Waals surface area contributed by atoms with Crippen molar-refractivity contribution in [2.24, 2.45) is 5.73 Å². The van der Waals surface area contributed by atoms with Gasteiger partial charge in [0.25, 0.3) is 6.47 Å². The number of hydrogen-bond donors (Lipinski definition) is 1. The molecule has 0 radical (unpaired) electrons. The molecule has 2 N–H and O–H groups in total. The predicted molar refractivity (Wildman–Crippen MR) is 69.9 cm³/mol. The summed E-state index contributed by atoms with van der Waals surface area (Å²) in [6.45, 7) is 5.71. The topological polar surface area (TPSA) is 87.8 Å². The van der Waals surface area contributed by atoms with Crippen molar-refractivity contribution < 1.29 is 23.8 Å². The Labute approximate surface area is 113 Å². The molecule has 6 heteroatoms. The summed E-state index contributed by atoms with van der Waals surface area (Å²) in [4.78, 5) is 21.9. The summed E-state index contributed by atoms with van der Waals surface area (Å²) < 4.78 is 14.6. The molecule has 0 heterocycles. The summed E-state index contributed by atoms with van der Waals surface area (Å²) in [6, 6.07) is 0. The molecular weight excluding hydrogens is 250 g/mol. The Morgan fingerprint density at radius 2 is 1.95 bits per heavy atom. The second-order valence-corrected chi connectivity index (χ2v) is 3.98. The van der Waals surface area contributed by atoms with Crippen LogP contribution in [0.2, 0.25) is 0 Å². The maximum Gasteiger partial charge on any atom is 0.326 e. The van der Waals surface area contributed by atoms with Gasteiger partial charge in [0.2, 0.25) is 0 Å². The number of allylic oxidation sites excluding steroid dienone is 1. The van der Waals surface area contributed by atoms with Crippen molar-refractivity contribution in [2.75, 3.05) is 13.7 Å². The predicted octanol–water partition coefficient (Wildman–Crippen LogP) is 1.49. The first-order valence-electron chi connectivity index (χ1n) is 6.33. The SMILES string of the molecule is CC.CO/C(C)=C(/COC(=O)C1(N)CCC1)OC=O. The highest BCUT2D eigenvalue weighted by Crippen LogP contribution is 2.30. The molecule has 0 aromatic carbocycles. The van der Waals surface area contributed by atoms with E-state index in [-0.39, 0.29) is 18.8 Å². The molecule has 0 spiro atoms. The van der Waals surface area contributed by atoms with E-state index >= 15 is 0 Å². The fourth-order valence-corrected chi connectivity index (χ4v) is 1.43. The number of esters is 1. The molecule has 1 saturated carbocycles. The maximum atomic E-state index is 11.6. The van der Waals surface area contributed by atoms with E-state index in [2.05, 4.69) is 4.74 Å². The summed E-state index contributed by atoms with van der Waals surface area (Å²) in [6.07, 6.45) is 2.18. The van der Waals surface area contributed by atoms with Crippen LogP contribution in [-0.4, -0.2) is 31.7 Å². The fraction of sp³-hybridized carbons (Fsp3) is 0.692. The summed E-state index contributed by atoms with van der Waals surface area (Å²) in [5.41, 5.74) is 4.92. The van der Waals surface area contributed by atoms with Gasteiger partial charge in [-0.2, -0.15) is 0 Å². The molecule has 0 bridgehead atoms. The van der Waals surface area contributed by atoms with Crippen LogP contribution < -0.4 is 5.73 Å². The quantitative estimate of drug-likeness (QED) is 0.448. The average Bonchev–Trinajstić information content (AvgIpc) is 2.41. The van der Waals surface area contributed by atoms with Crippen LogP contribution in [0.5, 0.6) is 0 Å². The van der Waals surface area contributed by atoms with E-state index < -0.39 is 11.5 Å². The van der Waals surface area contributed by atoms with Crippen LogP contribution >= 0.6 is 0 Å². The molecule has 0 aromatic rings. The molecule has 0 amide bonds. The molecule has 1 fully saturated rings. The van der Waals surface area contributed by atoms with Gasteiger partial charge in [-0.1, -0.05) is 13.8 Å². The first-order valence-corrected chi connectivity index (χ1v) is 6.33. The molecule has 6 nitrogen and oxygen atoms in total. The van der Waals surface area contributed by atoms with Crippen molar-refractivity contribution in [3.8, 4) is 0 Å². The van der Waals surface area contributed by atoms with Gasteiger partial charge >= 0.3 is 5.97 Å². The third-order valence-electron chi connectivity index (χ3n) is 2.88. The molecule has 0 saturated heterocycles. The van der Waals surface area contributed by atoms with Gasteiger partial charge in [-0.3, -0.25) is 9.59 Å². The molecule has 1 aliphatic rings. The Balaban J connectivity index is 0.00000154. The largest absolute Gasteiger partial charge is 0.498 e. The third kappa shape index (κ3) is 4.90. The lowest BCUT2D eigenvalue weighted by atomic mass is 9.78. The lowest BCUT2D eigenvalue weighted by Gasteiger charge is -2.35. The molecule has 0 aromatic heterocycles. The van der Waals surface area contributed by atoms with E-state index in [1.807, 2.05) is 13.8 Å². The second kappa shape index (κ2) is 8.53. The highest BCUT2D eigenvalue weighted by Gasteiger charge is 2.41. The molecule has 0 atom stereocenters. The monoisotopic (exact) mass is 273 g/mol. The van der Waals surface area contributed by atoms with Gasteiger partial charge in [0.1, 0.15) is 11.3 Å². The minimum absolute atomic E-state index is 0.157. The van der Waals surface area contributed by atoms with Crippen molar-refractivity contribution in [3.63, 3.8) is 0 Å². The van der Waals surface area contributed by atoms with Crippen LogP contribution in [0.15, 0.2) is 11.5 Å². The smallest absolute Gasteiger partial charge is 0.326 e. The van der Waals surface area contributed by atoms with Gasteiger partial charge < -0.3 is 19.9 Å². The number of carbonyl (C=O) groups excluding carboxylic acids is 2. The molecule has 0 unspecified atom stereocenters. The normalized spacial score (nSPS) is 16.9. The van der Waals surface area contributed by atoms with Gasteiger partial charge in [0.05, 0.1) is 7.11 Å². The van der Waals surface area contributed by atoms with E-state index in [1.54, 1.807) is 6.92 Å². The Hall–Kier alpha value is -1.56. The Morgan fingerprint density at radius 1 is 1.37 bits per heavy atom. The minimum Gasteiger partial charge on any atom is -0.498 e. The van der Waals surface area contributed by atoms with Crippen molar-refractivity contribution in [3.05, 3.63) is 11.5 Å². The number of methoxy groups -OCH3 is 1. The molecule has 0 aliphatic heterocycles. The standard InChI is InChI=1S/C11H17NO5.C2H6/c1-8(15-2)9(17-7-13)6-16-10(14)11(12)4-3-5-11;1-2/h7H,3-6,12H2,1-2H3;1-2H3/b9-8-;. The molecule has 110 valence electrons. The fourth-order valence-electron chi connectivity index (χ4n) is 1.43. The Kier molecular flexibility index (Phi) is 7.83. The summed E-state index contributed by atoms with van der Waals surface area (Å²) in [5.74, 6) is 0.0722. The zero-order chi connectivity index (χ0) is 14.9. The van der Waals surface area contributed by atoms with Crippen LogP contribution in [0, 0.1) is 0 Å². The van der Waals surface area contributed by atoms with E-state index in [0.717, 1.165) is 6.42 Å². The molecule has 19 heavy (non-hydrogen) atoms. The summed E-state index contributed by atoms with van der Waals surface area (Å²) in [7, 11) is 1.43. The number of rotatable bonds is 6. The number of nitrogens with two attached hydrogens (primary N) is 1. The lowest BCUT2D eigenvalue weighted by Crippen LogP contribution is -2.54. The van der Waals surface area contributed by atoms with Gasteiger partial charge in [-0.15, -0.1) is 0 Å². The van der Waals surface area contributed by atoms with E-state index in [4.69, 9.17) is 15.2 Å². The van der Waals surface area contributed by atoms with Crippen molar-refractivity contribution in [1.82, 2.24) is 0 Å². The van der Waals surface area contributed by atoms with Gasteiger partial charge in [0.15, 0.2) is 12.4 Å². The maximum absolute atomic E-state index is 11.6. The highest BCUT2D eigenvalue weighted by atomic mass is 16.6. The summed E-state index contributed by atoms with van der Waals surface area (Å²) in [5, 5.41) is 0. The van der Waals surface area contributed by atoms with Crippen molar-refractivity contribution in [2.45, 2.75) is 45.6 Å².